The topological polar surface area (TPSA) is 56.3 Å². The summed E-state index contributed by atoms with van der Waals surface area (Å²) < 4.78 is 11.3. The summed E-state index contributed by atoms with van der Waals surface area (Å²) >= 11 is 0. The van der Waals surface area contributed by atoms with Crippen LogP contribution in [0.25, 0.3) is 0 Å². The molecular formula is C15H25N3O2. The van der Waals surface area contributed by atoms with E-state index in [9.17, 15) is 0 Å². The van der Waals surface area contributed by atoms with Crippen LogP contribution in [0.3, 0.4) is 0 Å². The highest BCUT2D eigenvalue weighted by Crippen LogP contribution is 2.17. The molecule has 0 bridgehead atoms. The van der Waals surface area contributed by atoms with Gasteiger partial charge in [0.05, 0.1) is 12.7 Å². The Bertz CT molecular complexity index is 418. The second-order valence-corrected chi connectivity index (χ2v) is 5.65. The van der Waals surface area contributed by atoms with Crippen molar-refractivity contribution in [3.8, 4) is 11.9 Å². The van der Waals surface area contributed by atoms with Crippen molar-refractivity contribution in [1.82, 2.24) is 15.3 Å². The maximum atomic E-state index is 5.68. The Morgan fingerprint density at radius 1 is 1.40 bits per heavy atom. The summed E-state index contributed by atoms with van der Waals surface area (Å²) in [6.45, 7) is 8.79. The molecule has 1 aromatic heterocycles. The number of rotatable bonds is 6. The fourth-order valence-electron chi connectivity index (χ4n) is 2.37. The van der Waals surface area contributed by atoms with Gasteiger partial charge in [-0.3, -0.25) is 0 Å². The Kier molecular flexibility index (Phi) is 5.59. The number of aromatic nitrogens is 2. The summed E-state index contributed by atoms with van der Waals surface area (Å²) in [5.74, 6) is 1.29. The third-order valence-electron chi connectivity index (χ3n) is 3.32. The van der Waals surface area contributed by atoms with E-state index in [0.717, 1.165) is 25.2 Å². The van der Waals surface area contributed by atoms with Crippen molar-refractivity contribution in [2.45, 2.75) is 46.1 Å². The summed E-state index contributed by atoms with van der Waals surface area (Å²) in [4.78, 5) is 8.58. The molecule has 0 aliphatic carbocycles. The Balaban J connectivity index is 1.83. The SMILES string of the molecule is Cc1cc(OC(C)C)nc(OCCC2CCCNC2)n1. The van der Waals surface area contributed by atoms with E-state index in [1.54, 1.807) is 0 Å². The Morgan fingerprint density at radius 3 is 2.95 bits per heavy atom. The lowest BCUT2D eigenvalue weighted by Crippen LogP contribution is -2.30. The molecule has 0 radical (unpaired) electrons. The van der Waals surface area contributed by atoms with E-state index in [1.807, 2.05) is 26.8 Å². The molecule has 1 aliphatic rings. The van der Waals surface area contributed by atoms with Gasteiger partial charge in [0.2, 0.25) is 5.88 Å². The lowest BCUT2D eigenvalue weighted by atomic mass is 9.97. The molecular weight excluding hydrogens is 254 g/mol. The maximum Gasteiger partial charge on any atom is 0.319 e. The van der Waals surface area contributed by atoms with Gasteiger partial charge in [-0.1, -0.05) is 0 Å². The van der Waals surface area contributed by atoms with E-state index in [4.69, 9.17) is 9.47 Å². The maximum absolute atomic E-state index is 5.68. The molecule has 1 unspecified atom stereocenters. The van der Waals surface area contributed by atoms with Crippen LogP contribution in [0.1, 0.15) is 38.8 Å². The van der Waals surface area contributed by atoms with Crippen molar-refractivity contribution < 1.29 is 9.47 Å². The zero-order valence-electron chi connectivity index (χ0n) is 12.7. The Hall–Kier alpha value is -1.36. The summed E-state index contributed by atoms with van der Waals surface area (Å²) in [7, 11) is 0. The van der Waals surface area contributed by atoms with Crippen LogP contribution in [0, 0.1) is 12.8 Å². The van der Waals surface area contributed by atoms with Gasteiger partial charge in [-0.25, -0.2) is 4.98 Å². The predicted molar refractivity (Wildman–Crippen MR) is 78.2 cm³/mol. The summed E-state index contributed by atoms with van der Waals surface area (Å²) in [5, 5.41) is 3.42. The Morgan fingerprint density at radius 2 is 2.25 bits per heavy atom. The van der Waals surface area contributed by atoms with Gasteiger partial charge in [0.15, 0.2) is 0 Å². The van der Waals surface area contributed by atoms with Gasteiger partial charge in [-0.2, -0.15) is 4.98 Å². The molecule has 1 N–H and O–H groups in total. The van der Waals surface area contributed by atoms with E-state index in [1.165, 1.54) is 12.8 Å². The molecule has 1 aromatic rings. The molecule has 1 atom stereocenters. The van der Waals surface area contributed by atoms with Crippen molar-refractivity contribution in [3.05, 3.63) is 11.8 Å². The van der Waals surface area contributed by atoms with Gasteiger partial charge in [0.25, 0.3) is 0 Å². The molecule has 1 fully saturated rings. The van der Waals surface area contributed by atoms with E-state index in [0.29, 0.717) is 24.4 Å². The number of nitrogens with one attached hydrogen (secondary N) is 1. The molecule has 1 aliphatic heterocycles. The highest BCUT2D eigenvalue weighted by molar-refractivity contribution is 5.17. The molecule has 112 valence electrons. The number of hydrogen-bond donors (Lipinski definition) is 1. The van der Waals surface area contributed by atoms with Crippen molar-refractivity contribution in [1.29, 1.82) is 0 Å². The first-order valence-electron chi connectivity index (χ1n) is 7.49. The molecule has 2 heterocycles. The monoisotopic (exact) mass is 279 g/mol. The van der Waals surface area contributed by atoms with Gasteiger partial charge < -0.3 is 14.8 Å². The second-order valence-electron chi connectivity index (χ2n) is 5.65. The average Bonchev–Trinajstić information content (AvgIpc) is 2.38. The van der Waals surface area contributed by atoms with Crippen molar-refractivity contribution >= 4 is 0 Å². The van der Waals surface area contributed by atoms with Gasteiger partial charge in [0, 0.05) is 11.8 Å². The number of piperidine rings is 1. The fourth-order valence-corrected chi connectivity index (χ4v) is 2.37. The van der Waals surface area contributed by atoms with Gasteiger partial charge in [-0.05, 0) is 59.0 Å². The highest BCUT2D eigenvalue weighted by Gasteiger charge is 2.13. The van der Waals surface area contributed by atoms with E-state index < -0.39 is 0 Å². The van der Waals surface area contributed by atoms with Crippen molar-refractivity contribution in [2.24, 2.45) is 5.92 Å². The average molecular weight is 279 g/mol. The fraction of sp³-hybridized carbons (Fsp3) is 0.733. The third-order valence-corrected chi connectivity index (χ3v) is 3.32. The van der Waals surface area contributed by atoms with Gasteiger partial charge in [-0.15, -0.1) is 0 Å². The molecule has 0 spiro atoms. The number of nitrogens with zero attached hydrogens (tertiary/aromatic N) is 2. The van der Waals surface area contributed by atoms with Crippen molar-refractivity contribution in [3.63, 3.8) is 0 Å². The van der Waals surface area contributed by atoms with Crippen LogP contribution in [0.2, 0.25) is 0 Å². The smallest absolute Gasteiger partial charge is 0.319 e. The largest absolute Gasteiger partial charge is 0.475 e. The standard InChI is InChI=1S/C15H25N3O2/c1-11(2)20-14-9-12(3)17-15(18-14)19-8-6-13-5-4-7-16-10-13/h9,11,13,16H,4-8,10H2,1-3H3. The highest BCUT2D eigenvalue weighted by atomic mass is 16.5. The zero-order chi connectivity index (χ0) is 14.4. The van der Waals surface area contributed by atoms with Crippen LogP contribution in [0.5, 0.6) is 11.9 Å². The molecule has 0 amide bonds. The molecule has 1 saturated heterocycles. The third kappa shape index (κ3) is 4.96. The van der Waals surface area contributed by atoms with E-state index in [2.05, 4.69) is 15.3 Å². The minimum absolute atomic E-state index is 0.102. The van der Waals surface area contributed by atoms with Gasteiger partial charge >= 0.3 is 6.01 Å². The van der Waals surface area contributed by atoms with E-state index >= 15 is 0 Å². The number of hydrogen-bond acceptors (Lipinski definition) is 5. The first kappa shape index (κ1) is 15.0. The molecule has 0 aromatic carbocycles. The Labute approximate surface area is 121 Å². The van der Waals surface area contributed by atoms with Crippen LogP contribution in [-0.2, 0) is 0 Å². The van der Waals surface area contributed by atoms with Crippen LogP contribution in [-0.4, -0.2) is 35.8 Å². The normalized spacial score (nSPS) is 19.1. The zero-order valence-corrected chi connectivity index (χ0v) is 12.7. The predicted octanol–water partition coefficient (Wildman–Crippen LogP) is 2.34. The molecule has 20 heavy (non-hydrogen) atoms. The second kappa shape index (κ2) is 7.43. The van der Waals surface area contributed by atoms with Crippen LogP contribution < -0.4 is 14.8 Å². The van der Waals surface area contributed by atoms with Crippen LogP contribution in [0.4, 0.5) is 0 Å². The number of ether oxygens (including phenoxy) is 2. The van der Waals surface area contributed by atoms with E-state index in [-0.39, 0.29) is 6.10 Å². The first-order chi connectivity index (χ1) is 9.63. The lowest BCUT2D eigenvalue weighted by molar-refractivity contribution is 0.215. The van der Waals surface area contributed by atoms with Crippen molar-refractivity contribution in [2.75, 3.05) is 19.7 Å². The minimum atomic E-state index is 0.102. The van der Waals surface area contributed by atoms with Gasteiger partial charge in [0.1, 0.15) is 0 Å². The summed E-state index contributed by atoms with van der Waals surface area (Å²) in [6, 6.07) is 2.25. The molecule has 5 heteroatoms. The van der Waals surface area contributed by atoms with Crippen LogP contribution in [0.15, 0.2) is 6.07 Å². The lowest BCUT2D eigenvalue weighted by Gasteiger charge is -2.22. The first-order valence-corrected chi connectivity index (χ1v) is 7.49. The minimum Gasteiger partial charge on any atom is -0.475 e. The number of aryl methyl sites for hydroxylation is 1. The summed E-state index contributed by atoms with van der Waals surface area (Å²) in [5.41, 5.74) is 0.866. The molecule has 5 nitrogen and oxygen atoms in total. The molecule has 2 rings (SSSR count). The molecule has 0 saturated carbocycles. The quantitative estimate of drug-likeness (QED) is 0.866. The van der Waals surface area contributed by atoms with Crippen LogP contribution >= 0.6 is 0 Å². The summed E-state index contributed by atoms with van der Waals surface area (Å²) in [6.07, 6.45) is 3.69.